The molecule has 1 saturated heterocycles. The molecule has 0 spiro atoms. The summed E-state index contributed by atoms with van der Waals surface area (Å²) in [5, 5.41) is 13.7. The van der Waals surface area contributed by atoms with Crippen molar-refractivity contribution in [3.8, 4) is 0 Å². The molecule has 2 atom stereocenters. The van der Waals surface area contributed by atoms with Crippen LogP contribution in [0.4, 0.5) is 4.79 Å². The smallest absolute Gasteiger partial charge is 0.294 e. The first-order valence-electron chi connectivity index (χ1n) is 4.51. The average molecular weight is 249 g/mol. The zero-order valence-electron chi connectivity index (χ0n) is 8.47. The van der Waals surface area contributed by atoms with Crippen molar-refractivity contribution in [2.45, 2.75) is 19.1 Å². The van der Waals surface area contributed by atoms with Gasteiger partial charge in [0.25, 0.3) is 10.3 Å². The van der Waals surface area contributed by atoms with Gasteiger partial charge in [0.1, 0.15) is 12.1 Å². The average Bonchev–Trinajstić information content (AvgIpc) is 2.60. The van der Waals surface area contributed by atoms with Gasteiger partial charge in [-0.2, -0.15) is 0 Å². The summed E-state index contributed by atoms with van der Waals surface area (Å²) in [6, 6.07) is -0.569. The van der Waals surface area contributed by atoms with Gasteiger partial charge in [0.2, 0.25) is 5.91 Å². The summed E-state index contributed by atoms with van der Waals surface area (Å²) in [7, 11) is 0. The van der Waals surface area contributed by atoms with Gasteiger partial charge < -0.3 is 15.5 Å². The number of amides is 2. The van der Waals surface area contributed by atoms with E-state index in [9.17, 15) is 19.7 Å². The molecule has 1 unspecified atom stereocenters. The van der Waals surface area contributed by atoms with Crippen molar-refractivity contribution in [2.75, 3.05) is 12.3 Å². The number of carbonyl (C=O) groups is 2. The molecule has 0 bridgehead atoms. The molecular weight excluding hydrogens is 238 g/mol. The van der Waals surface area contributed by atoms with Crippen LogP contribution >= 0.6 is 11.8 Å². The van der Waals surface area contributed by atoms with Crippen LogP contribution in [0, 0.1) is 10.1 Å². The van der Waals surface area contributed by atoms with Crippen molar-refractivity contribution in [3.05, 3.63) is 10.1 Å². The van der Waals surface area contributed by atoms with Gasteiger partial charge in [0.15, 0.2) is 0 Å². The summed E-state index contributed by atoms with van der Waals surface area (Å²) in [6.45, 7) is 1.49. The van der Waals surface area contributed by atoms with Gasteiger partial charge in [0.05, 0.1) is 0 Å². The predicted octanol–water partition coefficient (Wildman–Crippen LogP) is -0.476. The molecule has 1 aliphatic rings. The minimum absolute atomic E-state index is 0.0247. The molecule has 16 heavy (non-hydrogen) atoms. The zero-order chi connectivity index (χ0) is 12.1. The van der Waals surface area contributed by atoms with E-state index in [1.807, 2.05) is 0 Å². The lowest BCUT2D eigenvalue weighted by atomic mass is 10.3. The van der Waals surface area contributed by atoms with Crippen molar-refractivity contribution >= 4 is 22.9 Å². The third kappa shape index (κ3) is 3.93. The SMILES string of the molecule is CC(CNC(=O)[C@@H]1CSC(=O)N1)O[N+](=O)[O-]. The van der Waals surface area contributed by atoms with E-state index in [4.69, 9.17) is 0 Å². The van der Waals surface area contributed by atoms with Crippen LogP contribution in [0.15, 0.2) is 0 Å². The van der Waals surface area contributed by atoms with Gasteiger partial charge in [-0.25, -0.2) is 0 Å². The van der Waals surface area contributed by atoms with Crippen LogP contribution in [-0.4, -0.2) is 40.7 Å². The molecule has 0 aromatic carbocycles. The number of hydrogen-bond donors (Lipinski definition) is 2. The third-order valence-electron chi connectivity index (χ3n) is 1.82. The molecule has 2 N–H and O–H groups in total. The van der Waals surface area contributed by atoms with E-state index in [-0.39, 0.29) is 17.7 Å². The third-order valence-corrected chi connectivity index (χ3v) is 2.70. The van der Waals surface area contributed by atoms with Crippen LogP contribution in [0.3, 0.4) is 0 Å². The van der Waals surface area contributed by atoms with Gasteiger partial charge >= 0.3 is 0 Å². The number of carbonyl (C=O) groups excluding carboxylic acids is 2. The molecule has 9 heteroatoms. The Kier molecular flexibility index (Phi) is 4.35. The zero-order valence-corrected chi connectivity index (χ0v) is 9.28. The van der Waals surface area contributed by atoms with E-state index in [0.717, 1.165) is 11.8 Å². The molecule has 0 saturated carbocycles. The molecule has 8 nitrogen and oxygen atoms in total. The Balaban J connectivity index is 2.24. The minimum Gasteiger partial charge on any atom is -0.352 e. The Morgan fingerprint density at radius 3 is 3.06 bits per heavy atom. The van der Waals surface area contributed by atoms with Gasteiger partial charge in [-0.3, -0.25) is 9.59 Å². The summed E-state index contributed by atoms with van der Waals surface area (Å²) in [4.78, 5) is 36.4. The molecule has 0 radical (unpaired) electrons. The molecule has 0 aromatic rings. The first-order chi connectivity index (χ1) is 7.49. The summed E-state index contributed by atoms with van der Waals surface area (Å²) in [5.41, 5.74) is 0. The van der Waals surface area contributed by atoms with Crippen LogP contribution in [0.25, 0.3) is 0 Å². The van der Waals surface area contributed by atoms with E-state index < -0.39 is 17.2 Å². The summed E-state index contributed by atoms with van der Waals surface area (Å²) in [6.07, 6.45) is -0.719. The monoisotopic (exact) mass is 249 g/mol. The summed E-state index contributed by atoms with van der Waals surface area (Å²) >= 11 is 1.03. The highest BCUT2D eigenvalue weighted by Crippen LogP contribution is 2.12. The number of hydrogen-bond acceptors (Lipinski definition) is 6. The topological polar surface area (TPSA) is 111 Å². The number of nitrogens with one attached hydrogen (secondary N) is 2. The normalized spacial score (nSPS) is 21.1. The van der Waals surface area contributed by atoms with Crippen molar-refractivity contribution < 1.29 is 19.5 Å². The number of rotatable bonds is 5. The highest BCUT2D eigenvalue weighted by Gasteiger charge is 2.27. The van der Waals surface area contributed by atoms with Crippen LogP contribution in [0.1, 0.15) is 6.92 Å². The lowest BCUT2D eigenvalue weighted by Gasteiger charge is -2.13. The fraction of sp³-hybridized carbons (Fsp3) is 0.714. The number of nitrogens with zero attached hydrogens (tertiary/aromatic N) is 1. The largest absolute Gasteiger partial charge is 0.352 e. The fourth-order valence-electron chi connectivity index (χ4n) is 1.08. The second-order valence-corrected chi connectivity index (χ2v) is 4.17. The quantitative estimate of drug-likeness (QED) is 0.503. The molecule has 0 aromatic heterocycles. The van der Waals surface area contributed by atoms with Crippen molar-refractivity contribution in [2.24, 2.45) is 0 Å². The lowest BCUT2D eigenvalue weighted by Crippen LogP contribution is -2.45. The standard InChI is InChI=1S/C7H11N3O5S/c1-4(15-10(13)14)2-8-6(11)5-3-16-7(12)9-5/h4-5H,2-3H2,1H3,(H,8,11)(H,9,12)/t4?,5-/m0/s1. The van der Waals surface area contributed by atoms with Crippen LogP contribution in [-0.2, 0) is 9.63 Å². The van der Waals surface area contributed by atoms with Gasteiger partial charge in [-0.15, -0.1) is 10.1 Å². The second-order valence-electron chi connectivity index (χ2n) is 3.18. The minimum atomic E-state index is -0.913. The molecule has 2 amide bonds. The fourth-order valence-corrected chi connectivity index (χ4v) is 1.86. The first kappa shape index (κ1) is 12.6. The Morgan fingerprint density at radius 2 is 2.56 bits per heavy atom. The Morgan fingerprint density at radius 1 is 1.88 bits per heavy atom. The predicted molar refractivity (Wildman–Crippen MR) is 55.3 cm³/mol. The van der Waals surface area contributed by atoms with E-state index in [2.05, 4.69) is 15.5 Å². The first-order valence-corrected chi connectivity index (χ1v) is 5.49. The van der Waals surface area contributed by atoms with E-state index >= 15 is 0 Å². The molecule has 1 aliphatic heterocycles. The lowest BCUT2D eigenvalue weighted by molar-refractivity contribution is -0.767. The van der Waals surface area contributed by atoms with Crippen LogP contribution in [0.2, 0.25) is 0 Å². The van der Waals surface area contributed by atoms with E-state index in [1.54, 1.807) is 0 Å². The second kappa shape index (κ2) is 5.54. The highest BCUT2D eigenvalue weighted by atomic mass is 32.2. The molecule has 1 fully saturated rings. The Bertz CT molecular complexity index is 310. The van der Waals surface area contributed by atoms with Crippen LogP contribution in [0.5, 0.6) is 0 Å². The molecular formula is C7H11N3O5S. The summed E-state index contributed by atoms with van der Waals surface area (Å²) in [5.74, 6) is 0.00643. The molecule has 1 heterocycles. The van der Waals surface area contributed by atoms with Crippen molar-refractivity contribution in [3.63, 3.8) is 0 Å². The maximum Gasteiger partial charge on any atom is 0.294 e. The van der Waals surface area contributed by atoms with E-state index in [0.29, 0.717) is 5.75 Å². The van der Waals surface area contributed by atoms with Crippen LogP contribution < -0.4 is 10.6 Å². The maximum absolute atomic E-state index is 11.4. The highest BCUT2D eigenvalue weighted by molar-refractivity contribution is 8.14. The summed E-state index contributed by atoms with van der Waals surface area (Å²) < 4.78 is 0. The molecule has 1 rings (SSSR count). The van der Waals surface area contributed by atoms with Gasteiger partial charge in [0, 0.05) is 12.3 Å². The van der Waals surface area contributed by atoms with E-state index in [1.165, 1.54) is 6.92 Å². The van der Waals surface area contributed by atoms with Gasteiger partial charge in [-0.1, -0.05) is 11.8 Å². The molecule has 0 aliphatic carbocycles. The maximum atomic E-state index is 11.4. The Hall–Kier alpha value is -1.51. The van der Waals surface area contributed by atoms with Crippen molar-refractivity contribution in [1.82, 2.24) is 10.6 Å². The van der Waals surface area contributed by atoms with Gasteiger partial charge in [-0.05, 0) is 6.92 Å². The molecule has 90 valence electrons. The Labute approximate surface area is 95.2 Å². The van der Waals surface area contributed by atoms with Crippen molar-refractivity contribution in [1.29, 1.82) is 0 Å². The number of thioether (sulfide) groups is 1.